The van der Waals surface area contributed by atoms with Crippen LogP contribution in [0.3, 0.4) is 0 Å². The lowest BCUT2D eigenvalue weighted by Gasteiger charge is -2.13. The third-order valence-electron chi connectivity index (χ3n) is 4.10. The minimum atomic E-state index is -0.463. The summed E-state index contributed by atoms with van der Waals surface area (Å²) in [7, 11) is 0. The lowest BCUT2D eigenvalue weighted by atomic mass is 10.1. The van der Waals surface area contributed by atoms with Crippen LogP contribution < -0.4 is 5.32 Å². The third-order valence-corrected chi connectivity index (χ3v) is 4.87. The zero-order valence-electron chi connectivity index (χ0n) is 14.3. The van der Waals surface area contributed by atoms with E-state index >= 15 is 0 Å². The van der Waals surface area contributed by atoms with Crippen LogP contribution in [0, 0.1) is 13.8 Å². The maximum absolute atomic E-state index is 12.4. The van der Waals surface area contributed by atoms with Crippen LogP contribution in [0.4, 0.5) is 5.95 Å². The Morgan fingerprint density at radius 2 is 2.08 bits per heavy atom. The Kier molecular flexibility index (Phi) is 4.98. The predicted molar refractivity (Wildman–Crippen MR) is 98.3 cm³/mol. The molecule has 3 aromatic rings. The maximum Gasteiger partial charge on any atom is 0.251 e. The van der Waals surface area contributed by atoms with Crippen molar-refractivity contribution in [2.75, 3.05) is 5.32 Å². The van der Waals surface area contributed by atoms with Crippen molar-refractivity contribution < 1.29 is 4.79 Å². The van der Waals surface area contributed by atoms with Crippen LogP contribution in [0.5, 0.6) is 0 Å². The number of nitrogens with one attached hydrogen (secondary N) is 1. The number of rotatable bonds is 5. The molecule has 0 saturated heterocycles. The zero-order valence-corrected chi connectivity index (χ0v) is 15.9. The number of aryl methyl sites for hydroxylation is 1. The fourth-order valence-electron chi connectivity index (χ4n) is 2.51. The van der Waals surface area contributed by atoms with Gasteiger partial charge in [-0.3, -0.25) is 14.8 Å². The van der Waals surface area contributed by atoms with Crippen molar-refractivity contribution in [3.63, 3.8) is 0 Å². The van der Waals surface area contributed by atoms with Crippen LogP contribution in [-0.2, 0) is 11.3 Å². The van der Waals surface area contributed by atoms with Gasteiger partial charge in [-0.25, -0.2) is 9.67 Å². The number of amides is 1. The predicted octanol–water partition coefficient (Wildman–Crippen LogP) is 3.10. The molecule has 1 unspecified atom stereocenters. The summed E-state index contributed by atoms with van der Waals surface area (Å²) in [5.74, 6) is 0.0710. The van der Waals surface area contributed by atoms with Gasteiger partial charge in [0.05, 0.1) is 22.9 Å². The molecule has 3 rings (SSSR count). The molecule has 1 aromatic carbocycles. The monoisotopic (exact) mass is 402 g/mol. The summed E-state index contributed by atoms with van der Waals surface area (Å²) in [5, 5.41) is 11.3. The molecule has 7 nitrogen and oxygen atoms in total. The lowest BCUT2D eigenvalue weighted by Crippen LogP contribution is -2.25. The van der Waals surface area contributed by atoms with Crippen LogP contribution in [0.25, 0.3) is 0 Å². The highest BCUT2D eigenvalue weighted by molar-refractivity contribution is 9.10. The van der Waals surface area contributed by atoms with E-state index in [0.29, 0.717) is 6.54 Å². The second-order valence-electron chi connectivity index (χ2n) is 5.88. The lowest BCUT2D eigenvalue weighted by molar-refractivity contribution is -0.119. The standard InChI is InChI=1S/C17H19BrN6O/c1-11-6-4-5-7-14(11)9-23-10-19-17(22-23)21-16(25)13(3)24-12(2)15(18)8-20-24/h4-8,10,13H,9H2,1-3H3,(H,21,22,25). The molecule has 130 valence electrons. The van der Waals surface area contributed by atoms with Crippen molar-refractivity contribution in [1.82, 2.24) is 24.5 Å². The van der Waals surface area contributed by atoms with Gasteiger partial charge < -0.3 is 0 Å². The van der Waals surface area contributed by atoms with E-state index in [4.69, 9.17) is 0 Å². The first kappa shape index (κ1) is 17.3. The van der Waals surface area contributed by atoms with Crippen molar-refractivity contribution in [3.8, 4) is 0 Å². The van der Waals surface area contributed by atoms with E-state index < -0.39 is 6.04 Å². The fourth-order valence-corrected chi connectivity index (χ4v) is 2.78. The minimum absolute atomic E-state index is 0.215. The summed E-state index contributed by atoms with van der Waals surface area (Å²) < 4.78 is 4.23. The number of halogens is 1. The van der Waals surface area contributed by atoms with Gasteiger partial charge >= 0.3 is 0 Å². The van der Waals surface area contributed by atoms with E-state index in [-0.39, 0.29) is 11.9 Å². The maximum atomic E-state index is 12.4. The number of benzene rings is 1. The van der Waals surface area contributed by atoms with Gasteiger partial charge in [0.25, 0.3) is 5.91 Å². The van der Waals surface area contributed by atoms with Gasteiger partial charge in [-0.05, 0) is 47.8 Å². The average molecular weight is 403 g/mol. The molecule has 0 radical (unpaired) electrons. The van der Waals surface area contributed by atoms with Crippen molar-refractivity contribution in [1.29, 1.82) is 0 Å². The van der Waals surface area contributed by atoms with Crippen LogP contribution >= 0.6 is 15.9 Å². The van der Waals surface area contributed by atoms with Gasteiger partial charge in [-0.2, -0.15) is 5.10 Å². The molecule has 0 fully saturated rings. The Morgan fingerprint density at radius 3 is 2.76 bits per heavy atom. The number of nitrogens with zero attached hydrogens (tertiary/aromatic N) is 5. The van der Waals surface area contributed by atoms with Gasteiger partial charge in [-0.1, -0.05) is 24.3 Å². The minimum Gasteiger partial charge on any atom is -0.291 e. The van der Waals surface area contributed by atoms with Gasteiger partial charge in [0.2, 0.25) is 5.95 Å². The van der Waals surface area contributed by atoms with Crippen LogP contribution in [0.15, 0.2) is 41.3 Å². The molecule has 25 heavy (non-hydrogen) atoms. The van der Waals surface area contributed by atoms with Crippen LogP contribution in [0.1, 0.15) is 29.8 Å². The molecule has 0 saturated carbocycles. The van der Waals surface area contributed by atoms with E-state index in [0.717, 1.165) is 15.7 Å². The van der Waals surface area contributed by atoms with Gasteiger partial charge in [0, 0.05) is 0 Å². The smallest absolute Gasteiger partial charge is 0.251 e. The molecule has 0 aliphatic rings. The second kappa shape index (κ2) is 7.18. The Hall–Kier alpha value is -2.48. The third kappa shape index (κ3) is 3.79. The molecule has 0 bridgehead atoms. The first-order valence-electron chi connectivity index (χ1n) is 7.90. The second-order valence-corrected chi connectivity index (χ2v) is 6.73. The molecule has 2 aromatic heterocycles. The molecule has 1 atom stereocenters. The average Bonchev–Trinajstić information content (AvgIpc) is 3.16. The zero-order chi connectivity index (χ0) is 18.0. The van der Waals surface area contributed by atoms with E-state index in [2.05, 4.69) is 55.5 Å². The SMILES string of the molecule is Cc1ccccc1Cn1cnc(NC(=O)C(C)n2ncc(Br)c2C)n1. The number of hydrogen-bond donors (Lipinski definition) is 1. The summed E-state index contributed by atoms with van der Waals surface area (Å²) in [6.45, 7) is 6.35. The summed E-state index contributed by atoms with van der Waals surface area (Å²) >= 11 is 3.40. The van der Waals surface area contributed by atoms with Crippen molar-refractivity contribution in [2.24, 2.45) is 0 Å². The number of hydrogen-bond acceptors (Lipinski definition) is 4. The van der Waals surface area contributed by atoms with Crippen LogP contribution in [-0.4, -0.2) is 30.5 Å². The Labute approximate surface area is 154 Å². The fraction of sp³-hybridized carbons (Fsp3) is 0.294. The number of aromatic nitrogens is 5. The van der Waals surface area contributed by atoms with Gasteiger partial charge in [0.1, 0.15) is 12.4 Å². The molecule has 0 spiro atoms. The highest BCUT2D eigenvalue weighted by atomic mass is 79.9. The summed E-state index contributed by atoms with van der Waals surface area (Å²) in [6.07, 6.45) is 3.29. The summed E-state index contributed by atoms with van der Waals surface area (Å²) in [4.78, 5) is 16.6. The molecule has 1 amide bonds. The van der Waals surface area contributed by atoms with E-state index in [1.54, 1.807) is 28.8 Å². The molecule has 1 N–H and O–H groups in total. The van der Waals surface area contributed by atoms with Crippen molar-refractivity contribution in [3.05, 3.63) is 58.1 Å². The van der Waals surface area contributed by atoms with E-state index in [9.17, 15) is 4.79 Å². The normalized spacial score (nSPS) is 12.2. The topological polar surface area (TPSA) is 77.6 Å². The number of carbonyl (C=O) groups is 1. The largest absolute Gasteiger partial charge is 0.291 e. The van der Waals surface area contributed by atoms with Crippen LogP contribution in [0.2, 0.25) is 0 Å². The van der Waals surface area contributed by atoms with Gasteiger partial charge in [-0.15, -0.1) is 5.10 Å². The van der Waals surface area contributed by atoms with Crippen molar-refractivity contribution in [2.45, 2.75) is 33.4 Å². The first-order chi connectivity index (χ1) is 12.0. The quantitative estimate of drug-likeness (QED) is 0.710. The highest BCUT2D eigenvalue weighted by Gasteiger charge is 2.20. The molecule has 0 aliphatic heterocycles. The van der Waals surface area contributed by atoms with Gasteiger partial charge in [0.15, 0.2) is 0 Å². The first-order valence-corrected chi connectivity index (χ1v) is 8.69. The summed E-state index contributed by atoms with van der Waals surface area (Å²) in [6, 6.07) is 7.64. The van der Waals surface area contributed by atoms with E-state index in [1.165, 1.54) is 5.56 Å². The molecular formula is C17H19BrN6O. The Balaban J connectivity index is 1.68. The molecule has 2 heterocycles. The Morgan fingerprint density at radius 1 is 1.32 bits per heavy atom. The highest BCUT2D eigenvalue weighted by Crippen LogP contribution is 2.19. The molecule has 8 heteroatoms. The Bertz CT molecular complexity index is 900. The molecular weight excluding hydrogens is 384 g/mol. The summed E-state index contributed by atoms with van der Waals surface area (Å²) in [5.41, 5.74) is 3.24. The molecule has 0 aliphatic carbocycles. The van der Waals surface area contributed by atoms with E-state index in [1.807, 2.05) is 19.1 Å². The number of anilines is 1. The number of carbonyl (C=O) groups excluding carboxylic acids is 1. The van der Waals surface area contributed by atoms with Crippen molar-refractivity contribution >= 4 is 27.8 Å².